The van der Waals surface area contributed by atoms with Crippen molar-refractivity contribution in [2.75, 3.05) is 13.1 Å². The largest absolute Gasteiger partial charge is 0.350 e. The molecule has 1 atom stereocenters. The molecule has 2 aliphatic heterocycles. The van der Waals surface area contributed by atoms with Gasteiger partial charge in [-0.3, -0.25) is 14.6 Å². The van der Waals surface area contributed by atoms with Crippen molar-refractivity contribution in [2.45, 2.75) is 30.7 Å². The van der Waals surface area contributed by atoms with Crippen molar-refractivity contribution in [3.05, 3.63) is 52.5 Å². The van der Waals surface area contributed by atoms with E-state index in [1.54, 1.807) is 6.20 Å². The topological polar surface area (TPSA) is 62.3 Å². The van der Waals surface area contributed by atoms with Crippen LogP contribution in [-0.4, -0.2) is 40.3 Å². The van der Waals surface area contributed by atoms with Crippen LogP contribution in [0.5, 0.6) is 0 Å². The molecule has 0 aromatic carbocycles. The highest BCUT2D eigenvalue weighted by atomic mass is 32.1. The number of hydrogen-bond acceptors (Lipinski definition) is 4. The van der Waals surface area contributed by atoms with Gasteiger partial charge in [0.25, 0.3) is 5.91 Å². The molecule has 0 bridgehead atoms. The zero-order chi connectivity index (χ0) is 16.6. The van der Waals surface area contributed by atoms with E-state index in [1.807, 2.05) is 40.7 Å². The molecule has 124 valence electrons. The summed E-state index contributed by atoms with van der Waals surface area (Å²) in [5, 5.41) is 5.13. The molecule has 4 rings (SSSR count). The van der Waals surface area contributed by atoms with Crippen LogP contribution in [0.25, 0.3) is 0 Å². The SMILES string of the molecule is O=C1C[C@H](c2cccnc2)C2(CCN(C(=O)c3cccs3)CC2)N1. The number of rotatable bonds is 2. The average Bonchev–Trinajstić information content (AvgIpc) is 3.24. The Hall–Kier alpha value is -2.21. The lowest BCUT2D eigenvalue weighted by Crippen LogP contribution is -2.54. The molecule has 2 fully saturated rings. The van der Waals surface area contributed by atoms with Crippen LogP contribution in [0.3, 0.4) is 0 Å². The minimum Gasteiger partial charge on any atom is -0.350 e. The minimum absolute atomic E-state index is 0.0990. The Morgan fingerprint density at radius 3 is 2.79 bits per heavy atom. The first kappa shape index (κ1) is 15.3. The first-order valence-corrected chi connectivity index (χ1v) is 9.10. The van der Waals surface area contributed by atoms with Crippen LogP contribution in [0.4, 0.5) is 0 Å². The number of likely N-dealkylation sites (tertiary alicyclic amines) is 1. The number of nitrogens with zero attached hydrogens (tertiary/aromatic N) is 2. The summed E-state index contributed by atoms with van der Waals surface area (Å²) in [5.74, 6) is 0.335. The lowest BCUT2D eigenvalue weighted by atomic mass is 9.74. The fourth-order valence-electron chi connectivity index (χ4n) is 3.95. The number of piperidine rings is 1. The molecule has 24 heavy (non-hydrogen) atoms. The van der Waals surface area contributed by atoms with Gasteiger partial charge in [0.2, 0.25) is 5.91 Å². The first-order valence-electron chi connectivity index (χ1n) is 8.22. The number of nitrogens with one attached hydrogen (secondary N) is 1. The summed E-state index contributed by atoms with van der Waals surface area (Å²) < 4.78 is 0. The molecule has 2 amide bonds. The monoisotopic (exact) mass is 341 g/mol. The molecule has 1 N–H and O–H groups in total. The Bertz CT molecular complexity index is 737. The second kappa shape index (κ2) is 6.02. The van der Waals surface area contributed by atoms with E-state index in [-0.39, 0.29) is 23.3 Å². The summed E-state index contributed by atoms with van der Waals surface area (Å²) in [7, 11) is 0. The molecule has 5 nitrogen and oxygen atoms in total. The van der Waals surface area contributed by atoms with Crippen LogP contribution >= 0.6 is 11.3 Å². The summed E-state index contributed by atoms with van der Waals surface area (Å²) in [5.41, 5.74) is 0.862. The highest BCUT2D eigenvalue weighted by Gasteiger charge is 2.49. The molecule has 0 unspecified atom stereocenters. The van der Waals surface area contributed by atoms with E-state index in [1.165, 1.54) is 11.3 Å². The highest BCUT2D eigenvalue weighted by Crippen LogP contribution is 2.43. The smallest absolute Gasteiger partial charge is 0.263 e. The predicted molar refractivity (Wildman–Crippen MR) is 91.9 cm³/mol. The fraction of sp³-hybridized carbons (Fsp3) is 0.389. The van der Waals surface area contributed by atoms with Crippen LogP contribution in [0.15, 0.2) is 42.0 Å². The van der Waals surface area contributed by atoms with Crippen molar-refractivity contribution in [1.29, 1.82) is 0 Å². The van der Waals surface area contributed by atoms with Crippen molar-refractivity contribution in [3.8, 4) is 0 Å². The fourth-order valence-corrected chi connectivity index (χ4v) is 4.64. The molecule has 0 radical (unpaired) electrons. The maximum absolute atomic E-state index is 12.5. The van der Waals surface area contributed by atoms with Gasteiger partial charge in [0.05, 0.1) is 10.4 Å². The molecule has 0 saturated carbocycles. The lowest BCUT2D eigenvalue weighted by molar-refractivity contribution is -0.120. The normalized spacial score (nSPS) is 22.6. The Morgan fingerprint density at radius 1 is 1.29 bits per heavy atom. The molecule has 0 aliphatic carbocycles. The second-order valence-corrected chi connectivity index (χ2v) is 7.46. The Labute approximate surface area is 144 Å². The van der Waals surface area contributed by atoms with Crippen molar-refractivity contribution < 1.29 is 9.59 Å². The Morgan fingerprint density at radius 2 is 2.12 bits per heavy atom. The molecule has 1 spiro atoms. The van der Waals surface area contributed by atoms with Gasteiger partial charge in [-0.05, 0) is 35.9 Å². The molecular formula is C18H19N3O2S. The number of carbonyl (C=O) groups is 2. The van der Waals surface area contributed by atoms with Crippen molar-refractivity contribution >= 4 is 23.2 Å². The number of amides is 2. The maximum atomic E-state index is 12.5. The molecule has 2 saturated heterocycles. The van der Waals surface area contributed by atoms with Crippen molar-refractivity contribution in [3.63, 3.8) is 0 Å². The summed E-state index contributed by atoms with van der Waals surface area (Å²) in [6, 6.07) is 7.73. The highest BCUT2D eigenvalue weighted by molar-refractivity contribution is 7.12. The lowest BCUT2D eigenvalue weighted by Gasteiger charge is -2.42. The summed E-state index contributed by atoms with van der Waals surface area (Å²) >= 11 is 1.48. The van der Waals surface area contributed by atoms with Crippen LogP contribution in [0.1, 0.15) is 40.4 Å². The number of aromatic nitrogens is 1. The van der Waals surface area contributed by atoms with Crippen LogP contribution < -0.4 is 5.32 Å². The molecule has 2 aromatic heterocycles. The second-order valence-electron chi connectivity index (χ2n) is 6.52. The molecule has 2 aromatic rings. The van der Waals surface area contributed by atoms with Crippen LogP contribution in [0.2, 0.25) is 0 Å². The van der Waals surface area contributed by atoms with E-state index < -0.39 is 0 Å². The zero-order valence-electron chi connectivity index (χ0n) is 13.3. The van der Waals surface area contributed by atoms with Gasteiger partial charge < -0.3 is 10.2 Å². The van der Waals surface area contributed by atoms with Gasteiger partial charge in [0, 0.05) is 37.8 Å². The van der Waals surface area contributed by atoms with Gasteiger partial charge in [-0.15, -0.1) is 11.3 Å². The number of thiophene rings is 1. The van der Waals surface area contributed by atoms with E-state index in [0.29, 0.717) is 19.5 Å². The van der Waals surface area contributed by atoms with E-state index in [9.17, 15) is 9.59 Å². The van der Waals surface area contributed by atoms with Crippen LogP contribution in [-0.2, 0) is 4.79 Å². The van der Waals surface area contributed by atoms with Gasteiger partial charge in [-0.2, -0.15) is 0 Å². The summed E-state index contributed by atoms with van der Waals surface area (Å²) in [4.78, 5) is 31.5. The first-order chi connectivity index (χ1) is 11.7. The predicted octanol–water partition coefficient (Wildman–Crippen LogP) is 2.42. The Balaban J connectivity index is 1.52. The minimum atomic E-state index is -0.244. The van der Waals surface area contributed by atoms with Gasteiger partial charge in [0.1, 0.15) is 0 Å². The van der Waals surface area contributed by atoms with Crippen molar-refractivity contribution in [2.24, 2.45) is 0 Å². The third-order valence-electron chi connectivity index (χ3n) is 5.21. The Kier molecular flexibility index (Phi) is 3.84. The molecule has 2 aliphatic rings. The van der Waals surface area contributed by atoms with E-state index in [0.717, 1.165) is 23.3 Å². The molecular weight excluding hydrogens is 322 g/mol. The van der Waals surface area contributed by atoms with E-state index >= 15 is 0 Å². The average molecular weight is 341 g/mol. The standard InChI is InChI=1S/C18H19N3O2S/c22-16-11-14(13-3-1-7-19-12-13)18(20-16)5-8-21(9-6-18)17(23)15-4-2-10-24-15/h1-4,7,10,12,14H,5-6,8-9,11H2,(H,20,22)/t14-/m1/s1. The number of pyridine rings is 1. The zero-order valence-corrected chi connectivity index (χ0v) is 14.1. The quantitative estimate of drug-likeness (QED) is 0.912. The third-order valence-corrected chi connectivity index (χ3v) is 6.06. The number of carbonyl (C=O) groups excluding carboxylic acids is 2. The molecule has 4 heterocycles. The van der Waals surface area contributed by atoms with Crippen LogP contribution in [0, 0.1) is 0 Å². The maximum Gasteiger partial charge on any atom is 0.263 e. The number of hydrogen-bond donors (Lipinski definition) is 1. The van der Waals surface area contributed by atoms with E-state index in [2.05, 4.69) is 10.3 Å². The van der Waals surface area contributed by atoms with Gasteiger partial charge in [-0.1, -0.05) is 12.1 Å². The van der Waals surface area contributed by atoms with Gasteiger partial charge >= 0.3 is 0 Å². The third kappa shape index (κ3) is 2.60. The summed E-state index contributed by atoms with van der Waals surface area (Å²) in [6.07, 6.45) is 5.69. The van der Waals surface area contributed by atoms with E-state index in [4.69, 9.17) is 0 Å². The van der Waals surface area contributed by atoms with Gasteiger partial charge in [-0.25, -0.2) is 0 Å². The summed E-state index contributed by atoms with van der Waals surface area (Å²) in [6.45, 7) is 1.35. The van der Waals surface area contributed by atoms with Crippen molar-refractivity contribution in [1.82, 2.24) is 15.2 Å². The molecule has 6 heteroatoms. The van der Waals surface area contributed by atoms with Gasteiger partial charge in [0.15, 0.2) is 0 Å².